The number of carbonyl (C=O) groups is 1. The molecule has 1 heterocycles. The maximum absolute atomic E-state index is 12.3. The number of carbonyl (C=O) groups excluding carboxylic acids is 1. The fraction of sp³-hybridized carbons (Fsp3) is 0.250. The highest BCUT2D eigenvalue weighted by Gasteiger charge is 2.14. The van der Waals surface area contributed by atoms with Crippen molar-refractivity contribution in [3.63, 3.8) is 0 Å². The van der Waals surface area contributed by atoms with Crippen molar-refractivity contribution in [2.24, 2.45) is 5.10 Å². The molecule has 0 aliphatic heterocycles. The first-order chi connectivity index (χ1) is 16.0. The molecule has 1 amide bonds. The van der Waals surface area contributed by atoms with E-state index in [2.05, 4.69) is 21.6 Å². The lowest BCUT2D eigenvalue weighted by atomic mass is 10.0. The average molecular weight is 448 g/mol. The molecule has 0 aliphatic carbocycles. The predicted molar refractivity (Wildman–Crippen MR) is 123 cm³/mol. The number of methoxy groups -OCH3 is 3. The summed E-state index contributed by atoms with van der Waals surface area (Å²) in [6.07, 6.45) is 1.50. The van der Waals surface area contributed by atoms with Crippen LogP contribution in [-0.2, 0) is 16.1 Å². The summed E-state index contributed by atoms with van der Waals surface area (Å²) >= 11 is 0. The number of ether oxygens (including phenoxy) is 4. The Morgan fingerprint density at radius 3 is 2.67 bits per heavy atom. The molecule has 1 N–H and O–H groups in total. The van der Waals surface area contributed by atoms with Gasteiger partial charge in [-0.3, -0.25) is 4.79 Å². The maximum Gasteiger partial charge on any atom is 0.278 e. The van der Waals surface area contributed by atoms with E-state index in [4.69, 9.17) is 18.9 Å². The standard InChI is InChI=1S/C24H24N4O5/c1-15-9-17(13-30-2)20(11-25)24(27-15)33-14-23(29)28-26-12-21-19-10-18(31-3)7-5-16(19)6-8-22(21)32-4/h5-10,12H,13-14H2,1-4H3,(H,28,29)/b26-12+. The Kier molecular flexibility index (Phi) is 7.78. The number of hydrogen-bond acceptors (Lipinski definition) is 8. The first-order valence-corrected chi connectivity index (χ1v) is 9.99. The number of rotatable bonds is 9. The van der Waals surface area contributed by atoms with Gasteiger partial charge in [0.25, 0.3) is 5.91 Å². The van der Waals surface area contributed by atoms with Crippen molar-refractivity contribution in [1.82, 2.24) is 10.4 Å². The fourth-order valence-electron chi connectivity index (χ4n) is 3.28. The molecule has 0 atom stereocenters. The van der Waals surface area contributed by atoms with Gasteiger partial charge in [0.1, 0.15) is 23.1 Å². The largest absolute Gasteiger partial charge is 0.497 e. The van der Waals surface area contributed by atoms with Crippen molar-refractivity contribution in [3.05, 3.63) is 58.8 Å². The second-order valence-electron chi connectivity index (χ2n) is 7.00. The minimum atomic E-state index is -0.511. The van der Waals surface area contributed by atoms with E-state index in [1.165, 1.54) is 13.3 Å². The lowest BCUT2D eigenvalue weighted by molar-refractivity contribution is -0.123. The zero-order valence-electron chi connectivity index (χ0n) is 18.8. The first kappa shape index (κ1) is 23.5. The van der Waals surface area contributed by atoms with Gasteiger partial charge in [0.15, 0.2) is 6.61 Å². The van der Waals surface area contributed by atoms with Gasteiger partial charge >= 0.3 is 0 Å². The molecule has 0 saturated carbocycles. The molecule has 0 saturated heterocycles. The number of aromatic nitrogens is 1. The zero-order valence-corrected chi connectivity index (χ0v) is 18.8. The van der Waals surface area contributed by atoms with Crippen LogP contribution in [0.1, 0.15) is 22.4 Å². The quantitative estimate of drug-likeness (QED) is 0.395. The Hall–Kier alpha value is -4.16. The summed E-state index contributed by atoms with van der Waals surface area (Å²) in [6.45, 7) is 1.64. The average Bonchev–Trinajstić information content (AvgIpc) is 2.82. The number of aryl methyl sites for hydroxylation is 1. The summed E-state index contributed by atoms with van der Waals surface area (Å²) in [6, 6.07) is 13.2. The summed E-state index contributed by atoms with van der Waals surface area (Å²) in [7, 11) is 4.68. The second kappa shape index (κ2) is 10.9. The van der Waals surface area contributed by atoms with Crippen molar-refractivity contribution >= 4 is 22.9 Å². The number of hydrazone groups is 1. The molecule has 3 aromatic rings. The van der Waals surface area contributed by atoms with Crippen molar-refractivity contribution < 1.29 is 23.7 Å². The highest BCUT2D eigenvalue weighted by atomic mass is 16.5. The highest BCUT2D eigenvalue weighted by Crippen LogP contribution is 2.29. The van der Waals surface area contributed by atoms with Crippen LogP contribution in [0.25, 0.3) is 10.8 Å². The Bertz CT molecular complexity index is 1230. The van der Waals surface area contributed by atoms with Crippen LogP contribution in [0.4, 0.5) is 0 Å². The van der Waals surface area contributed by atoms with Gasteiger partial charge in [0.2, 0.25) is 5.88 Å². The van der Waals surface area contributed by atoms with Crippen LogP contribution >= 0.6 is 0 Å². The van der Waals surface area contributed by atoms with E-state index in [9.17, 15) is 10.1 Å². The molecule has 170 valence electrons. The van der Waals surface area contributed by atoms with Gasteiger partial charge < -0.3 is 18.9 Å². The summed E-state index contributed by atoms with van der Waals surface area (Å²) in [5.41, 5.74) is 4.62. The number of amides is 1. The number of fused-ring (bicyclic) bond motifs is 1. The number of pyridine rings is 1. The predicted octanol–water partition coefficient (Wildman–Crippen LogP) is 3.11. The van der Waals surface area contributed by atoms with Crippen molar-refractivity contribution in [3.8, 4) is 23.4 Å². The third-order valence-corrected chi connectivity index (χ3v) is 4.78. The van der Waals surface area contributed by atoms with Gasteiger partial charge in [0, 0.05) is 23.9 Å². The fourth-order valence-corrected chi connectivity index (χ4v) is 3.28. The Balaban J connectivity index is 1.74. The van der Waals surface area contributed by atoms with Crippen molar-refractivity contribution in [1.29, 1.82) is 5.26 Å². The van der Waals surface area contributed by atoms with Crippen molar-refractivity contribution in [2.45, 2.75) is 13.5 Å². The molecule has 0 spiro atoms. The molecular weight excluding hydrogens is 424 g/mol. The van der Waals surface area contributed by atoms with Crippen LogP contribution in [0.15, 0.2) is 41.5 Å². The summed E-state index contributed by atoms with van der Waals surface area (Å²) in [5.74, 6) is 0.850. The van der Waals surface area contributed by atoms with E-state index in [1.807, 2.05) is 30.3 Å². The minimum absolute atomic E-state index is 0.0755. The van der Waals surface area contributed by atoms with Crippen LogP contribution in [-0.4, -0.2) is 45.0 Å². The lowest BCUT2D eigenvalue weighted by Crippen LogP contribution is -2.25. The number of nitrogens with one attached hydrogen (secondary N) is 1. The number of nitrogens with zero attached hydrogens (tertiary/aromatic N) is 3. The summed E-state index contributed by atoms with van der Waals surface area (Å²) in [4.78, 5) is 16.5. The van der Waals surface area contributed by atoms with Gasteiger partial charge in [-0.05, 0) is 42.0 Å². The van der Waals surface area contributed by atoms with E-state index in [0.29, 0.717) is 28.3 Å². The molecule has 0 fully saturated rings. The lowest BCUT2D eigenvalue weighted by Gasteiger charge is -2.11. The van der Waals surface area contributed by atoms with Crippen LogP contribution < -0.4 is 19.6 Å². The van der Waals surface area contributed by atoms with E-state index in [1.54, 1.807) is 27.2 Å². The minimum Gasteiger partial charge on any atom is -0.497 e. The molecule has 0 unspecified atom stereocenters. The number of benzene rings is 2. The smallest absolute Gasteiger partial charge is 0.278 e. The number of nitriles is 1. The molecule has 3 rings (SSSR count). The second-order valence-corrected chi connectivity index (χ2v) is 7.00. The Labute approximate surface area is 191 Å². The van der Waals surface area contributed by atoms with Crippen molar-refractivity contribution in [2.75, 3.05) is 27.9 Å². The first-order valence-electron chi connectivity index (χ1n) is 9.99. The normalized spacial score (nSPS) is 10.8. The van der Waals surface area contributed by atoms with Gasteiger partial charge in [-0.2, -0.15) is 10.4 Å². The number of hydrogen-bond donors (Lipinski definition) is 1. The summed E-state index contributed by atoms with van der Waals surface area (Å²) in [5, 5.41) is 15.3. The van der Waals surface area contributed by atoms with E-state index in [0.717, 1.165) is 10.8 Å². The Morgan fingerprint density at radius 1 is 1.18 bits per heavy atom. The molecule has 1 aromatic heterocycles. The monoisotopic (exact) mass is 448 g/mol. The molecule has 2 aromatic carbocycles. The molecule has 0 bridgehead atoms. The molecule has 0 radical (unpaired) electrons. The third kappa shape index (κ3) is 5.56. The molecule has 33 heavy (non-hydrogen) atoms. The van der Waals surface area contributed by atoms with Crippen LogP contribution in [0, 0.1) is 18.3 Å². The van der Waals surface area contributed by atoms with Gasteiger partial charge in [-0.15, -0.1) is 0 Å². The van der Waals surface area contributed by atoms with Gasteiger partial charge in [-0.25, -0.2) is 10.4 Å². The molecule has 9 heteroatoms. The SMILES string of the molecule is COCc1cc(C)nc(OCC(=O)N/N=C/c2c(OC)ccc3ccc(OC)cc23)c1C#N. The van der Waals surface area contributed by atoms with Gasteiger partial charge in [-0.1, -0.05) is 12.1 Å². The molecule has 0 aliphatic rings. The molecular formula is C24H24N4O5. The van der Waals surface area contributed by atoms with Gasteiger partial charge in [0.05, 0.1) is 27.0 Å². The van der Waals surface area contributed by atoms with Crippen LogP contribution in [0.5, 0.6) is 17.4 Å². The van der Waals surface area contributed by atoms with E-state index in [-0.39, 0.29) is 24.7 Å². The molecule has 9 nitrogen and oxygen atoms in total. The zero-order chi connectivity index (χ0) is 23.8. The maximum atomic E-state index is 12.3. The summed E-state index contributed by atoms with van der Waals surface area (Å²) < 4.78 is 21.4. The third-order valence-electron chi connectivity index (χ3n) is 4.78. The highest BCUT2D eigenvalue weighted by molar-refractivity contribution is 6.03. The van der Waals surface area contributed by atoms with E-state index < -0.39 is 5.91 Å². The van der Waals surface area contributed by atoms with Crippen LogP contribution in [0.2, 0.25) is 0 Å². The van der Waals surface area contributed by atoms with Crippen LogP contribution in [0.3, 0.4) is 0 Å². The topological polar surface area (TPSA) is 115 Å². The Morgan fingerprint density at radius 2 is 1.97 bits per heavy atom. The van der Waals surface area contributed by atoms with E-state index >= 15 is 0 Å².